The second kappa shape index (κ2) is 28.8. The van der Waals surface area contributed by atoms with E-state index in [4.69, 9.17) is 37.9 Å². The molecule has 11 aliphatic rings. The van der Waals surface area contributed by atoms with Crippen molar-refractivity contribution in [1.29, 1.82) is 0 Å². The lowest BCUT2D eigenvalue weighted by Gasteiger charge is -2.46. The largest absolute Gasteiger partial charge is 0.507 e. The molecule has 30 heteroatoms. The Labute approximate surface area is 618 Å². The Morgan fingerprint density at radius 3 is 1.04 bits per heavy atom. The average Bonchev–Trinajstić information content (AvgIpc) is 1.55. The van der Waals surface area contributed by atoms with Gasteiger partial charge in [0.2, 0.25) is 23.1 Å². The van der Waals surface area contributed by atoms with Crippen molar-refractivity contribution in [2.24, 2.45) is 45.3 Å². The maximum atomic E-state index is 15.5. The average molecular weight is 1510 g/mol. The number of aliphatic hydroxyl groups excluding tert-OH is 12. The molecule has 5 aliphatic carbocycles. The first-order valence-corrected chi connectivity index (χ1v) is 35.2. The van der Waals surface area contributed by atoms with Gasteiger partial charge in [0.25, 0.3) is 0 Å². The number of fused-ring (bicyclic) bond motifs is 4. The fraction of sp³-hybridized carbons (Fsp3) is 0.513. The molecule has 0 aromatic carbocycles. The summed E-state index contributed by atoms with van der Waals surface area (Å²) in [7, 11) is 0. The van der Waals surface area contributed by atoms with Gasteiger partial charge < -0.3 is 99.2 Å². The first kappa shape index (κ1) is 80.0. The van der Waals surface area contributed by atoms with Crippen molar-refractivity contribution < 1.29 is 147 Å². The fourth-order valence-corrected chi connectivity index (χ4v) is 16.8. The number of rotatable bonds is 10. The first-order valence-electron chi connectivity index (χ1n) is 35.2. The molecule has 0 radical (unpaired) electrons. The van der Waals surface area contributed by atoms with Crippen LogP contribution in [0, 0.1) is 45.3 Å². The third-order valence-corrected chi connectivity index (χ3v) is 23.7. The van der Waals surface area contributed by atoms with Crippen molar-refractivity contribution in [2.75, 3.05) is 26.4 Å². The van der Waals surface area contributed by atoms with E-state index in [0.717, 1.165) is 24.3 Å². The van der Waals surface area contributed by atoms with Gasteiger partial charge in [0.05, 0.1) is 48.1 Å². The summed E-state index contributed by atoms with van der Waals surface area (Å²) in [4.78, 5) is 145. The molecule has 0 amide bonds. The zero-order chi connectivity index (χ0) is 79.4. The predicted octanol–water partition coefficient (Wildman–Crippen LogP) is 2.75. The van der Waals surface area contributed by atoms with Crippen LogP contribution in [0.4, 0.5) is 0 Å². The van der Waals surface area contributed by atoms with Crippen molar-refractivity contribution >= 4 is 59.6 Å². The quantitative estimate of drug-likeness (QED) is 0.0492. The van der Waals surface area contributed by atoms with Gasteiger partial charge in [-0.2, -0.15) is 0 Å². The molecule has 6 saturated heterocycles. The normalized spacial score (nSPS) is 45.9. The standard InChI is InChI=1S/C78H88O30/c1-35-13-11-17-71(7)27-43(33-101-69-59(91)57(89)55(87)47(31-81)103-69)39(5)23-75(71)61(93)49(65(97)105-75)46(84)16-20-74(10)26-42(30-80)38(4)22-78(74)64(96)52(68(100)108-78)54(86)36(2)14-12-18-72(8)28-44(34-102-70-60(92)58(90)56(88)48(32-82)104-70)40(6)24-76(72)62(94)50(66(98)106-76)45(83)15-19-73(9)25-41(29-79)37(3)21-77(73)63(95)51(53(35)85)67(99)107-77/h11-20,25-30,37-40,47-48,55-60,69-70,81-92H,21-24,31-34H2,1-10H3/b17-11+,18-12+,19-15+,20-16+,35-13+,36-14+,49-46-,50-45-,53-51-,54-52+/t37?,38?,39?,40?,47-,48-,55+,56+,57+,58+,59-,60-,69+,70+,71?,72?,73?,74?,75?,76?,77?,78?/m1/s1. The summed E-state index contributed by atoms with van der Waals surface area (Å²) in [5.74, 6) is -17.0. The smallest absolute Gasteiger partial charge is 0.346 e. The number of Topliss-reactive ketones (excluding diaryl/α,β-unsaturated/α-hetero) is 4. The summed E-state index contributed by atoms with van der Waals surface area (Å²) in [5.41, 5.74) is -20.0. The van der Waals surface area contributed by atoms with Crippen LogP contribution in [0.5, 0.6) is 0 Å². The maximum absolute atomic E-state index is 15.5. The van der Waals surface area contributed by atoms with E-state index in [1.54, 1.807) is 27.7 Å². The number of allylic oxidation sites excluding steroid dienone is 10. The maximum Gasteiger partial charge on any atom is 0.346 e. The van der Waals surface area contributed by atoms with Gasteiger partial charge in [-0.3, -0.25) is 28.8 Å². The monoisotopic (exact) mass is 1500 g/mol. The zero-order valence-corrected chi connectivity index (χ0v) is 60.7. The predicted molar refractivity (Wildman–Crippen MR) is 369 cm³/mol. The minimum atomic E-state index is -2.33. The van der Waals surface area contributed by atoms with Gasteiger partial charge in [-0.25, -0.2) is 19.2 Å². The van der Waals surface area contributed by atoms with Gasteiger partial charge in [0.15, 0.2) is 35.0 Å². The van der Waals surface area contributed by atoms with Gasteiger partial charge in [0.1, 0.15) is 107 Å². The number of ether oxygens (including phenoxy) is 8. The Kier molecular flexibility index (Phi) is 21.3. The van der Waals surface area contributed by atoms with Crippen molar-refractivity contribution in [2.45, 2.75) is 179 Å². The SMILES string of the molecule is CC1=C\C=C\C2(C)C=C(CO[C@H]3O[C@H](CO)[C@H](O)[C@H](O)[C@H]3O)C(C)CC23OC(=O)/C(=C(O)/C=C/C2(C)C=C(C=O)C(C)CC24OC(=O)\C(=C(O)/C(C)=C/C=C/C2(C)C=C(CO[C@H]5O[C@H](CO)[C@H](O)[C@H](O)[C@H]5O)C(C)CC25OC(=O)/C(=C(O)/C=C/C2(C)C=C(C=O)C(C)CC26OC(=O)\C(=C\1O)C6=O)C5=O)C4=O)C3=O. The molecule has 12 N–H and O–H groups in total. The number of aliphatic hydroxyl groups is 12. The molecule has 11 rings (SSSR count). The topological polar surface area (TPSA) is 487 Å². The van der Waals surface area contributed by atoms with Crippen LogP contribution in [0.25, 0.3) is 0 Å². The van der Waals surface area contributed by atoms with E-state index in [-0.39, 0.29) is 35.1 Å². The van der Waals surface area contributed by atoms with E-state index in [2.05, 4.69) is 0 Å². The Hall–Kier alpha value is -9.02. The van der Waals surface area contributed by atoms with E-state index >= 15 is 19.2 Å². The number of carbonyl (C=O) groups is 10. The highest BCUT2D eigenvalue weighted by atomic mass is 16.7. The van der Waals surface area contributed by atoms with E-state index in [1.807, 2.05) is 0 Å². The fourth-order valence-electron chi connectivity index (χ4n) is 16.8. The number of hydrogen-bond donors (Lipinski definition) is 12. The highest BCUT2D eigenvalue weighted by Gasteiger charge is 2.69. The van der Waals surface area contributed by atoms with Crippen LogP contribution in [0.1, 0.15) is 94.9 Å². The summed E-state index contributed by atoms with van der Waals surface area (Å²) < 4.78 is 47.4. The molecule has 30 nitrogen and oxygen atoms in total. The molecule has 0 saturated carbocycles. The molecule has 4 spiro atoms. The number of carbonyl (C=O) groups excluding carboxylic acids is 10. The molecule has 0 aromatic rings. The van der Waals surface area contributed by atoms with E-state index < -0.39 is 261 Å². The van der Waals surface area contributed by atoms with Crippen molar-refractivity contribution in [1.82, 2.24) is 0 Å². The lowest BCUT2D eigenvalue weighted by molar-refractivity contribution is -0.299. The summed E-state index contributed by atoms with van der Waals surface area (Å²) >= 11 is 0. The molecular weight excluding hydrogens is 1420 g/mol. The first-order chi connectivity index (χ1) is 50.6. The van der Waals surface area contributed by atoms with Crippen LogP contribution in [0.2, 0.25) is 0 Å². The van der Waals surface area contributed by atoms with Gasteiger partial charge in [-0.15, -0.1) is 0 Å². The van der Waals surface area contributed by atoms with Crippen molar-refractivity contribution in [3.8, 4) is 0 Å². The second-order valence-electron chi connectivity index (χ2n) is 30.8. The lowest BCUT2D eigenvalue weighted by atomic mass is 9.60. The van der Waals surface area contributed by atoms with Crippen molar-refractivity contribution in [3.05, 3.63) is 164 Å². The molecule has 22 atom stereocenters. The molecule has 12 unspecified atom stereocenters. The Bertz CT molecular complexity index is 4100. The Morgan fingerprint density at radius 2 is 0.722 bits per heavy atom. The molecule has 580 valence electrons. The minimum Gasteiger partial charge on any atom is -0.507 e. The third-order valence-electron chi connectivity index (χ3n) is 23.7. The number of hydrogen-bond acceptors (Lipinski definition) is 30. The zero-order valence-electron chi connectivity index (χ0n) is 60.7. The lowest BCUT2D eigenvalue weighted by Crippen LogP contribution is -2.59. The van der Waals surface area contributed by atoms with Crippen molar-refractivity contribution in [3.63, 3.8) is 0 Å². The van der Waals surface area contributed by atoms with Crippen LogP contribution >= 0.6 is 0 Å². The molecule has 108 heavy (non-hydrogen) atoms. The van der Waals surface area contributed by atoms with E-state index in [1.165, 1.54) is 102 Å². The van der Waals surface area contributed by atoms with E-state index in [0.29, 0.717) is 23.7 Å². The highest BCUT2D eigenvalue weighted by Crippen LogP contribution is 2.58. The summed E-state index contributed by atoms with van der Waals surface area (Å²) in [6.07, 6.45) is -0.245. The second-order valence-corrected chi connectivity index (χ2v) is 30.8. The number of aldehydes is 2. The highest BCUT2D eigenvalue weighted by molar-refractivity contribution is 6.29. The van der Waals surface area contributed by atoms with Crippen LogP contribution in [-0.2, 0) is 85.8 Å². The number of esters is 4. The Balaban J connectivity index is 1.08. The Morgan fingerprint density at radius 1 is 0.426 bits per heavy atom. The van der Waals surface area contributed by atoms with Crippen LogP contribution in [0.15, 0.2) is 164 Å². The molecule has 6 heterocycles. The number of ketones is 4. The van der Waals surface area contributed by atoms with Gasteiger partial charge in [0, 0.05) is 25.7 Å². The third kappa shape index (κ3) is 12.5. The summed E-state index contributed by atoms with van der Waals surface area (Å²) in [6, 6.07) is 0. The molecule has 6 fully saturated rings. The van der Waals surface area contributed by atoms with Crippen LogP contribution in [0.3, 0.4) is 0 Å². The summed E-state index contributed by atoms with van der Waals surface area (Å²) in [6.45, 7) is 12.1. The van der Waals surface area contributed by atoms with Gasteiger partial charge >= 0.3 is 23.9 Å². The van der Waals surface area contributed by atoms with E-state index in [9.17, 15) is 90.0 Å². The molecule has 0 aromatic heterocycles. The van der Waals surface area contributed by atoms with Crippen LogP contribution < -0.4 is 0 Å². The molecule has 6 aliphatic heterocycles. The van der Waals surface area contributed by atoms with Gasteiger partial charge in [-0.1, -0.05) is 101 Å². The van der Waals surface area contributed by atoms with Crippen LogP contribution in [-0.4, -0.2) is 231 Å². The molecular formula is C78H88O30. The minimum absolute atomic E-state index is 0.0877. The molecule has 8 bridgehead atoms. The summed E-state index contributed by atoms with van der Waals surface area (Å²) in [5, 5.41) is 132. The van der Waals surface area contributed by atoms with Gasteiger partial charge in [-0.05, 0) is 111 Å².